The molecule has 0 atom stereocenters. The van der Waals surface area contributed by atoms with Crippen molar-refractivity contribution in [3.63, 3.8) is 0 Å². The first-order valence-corrected chi connectivity index (χ1v) is 6.80. The number of benzene rings is 2. The van der Waals surface area contributed by atoms with Crippen LogP contribution in [-0.2, 0) is 6.61 Å². The maximum Gasteiger partial charge on any atom is 0.142 e. The van der Waals surface area contributed by atoms with Crippen molar-refractivity contribution in [2.75, 3.05) is 0 Å². The summed E-state index contributed by atoms with van der Waals surface area (Å²) in [6.45, 7) is 0.157. The van der Waals surface area contributed by atoms with Crippen LogP contribution < -0.4 is 10.5 Å². The predicted molar refractivity (Wildman–Crippen MR) is 83.1 cm³/mol. The van der Waals surface area contributed by atoms with Crippen molar-refractivity contribution in [2.24, 2.45) is 5.73 Å². The molecule has 0 amide bonds. The molecule has 0 radical (unpaired) electrons. The largest absolute Gasteiger partial charge is 0.488 e. The van der Waals surface area contributed by atoms with Gasteiger partial charge in [0.15, 0.2) is 0 Å². The van der Waals surface area contributed by atoms with E-state index in [2.05, 4.69) is 0 Å². The summed E-state index contributed by atoms with van der Waals surface area (Å²) in [5.41, 5.74) is 6.73. The minimum Gasteiger partial charge on any atom is -0.488 e. The molecular formula is C14H10Cl2FNOS. The van der Waals surface area contributed by atoms with Crippen LogP contribution in [0.5, 0.6) is 5.75 Å². The van der Waals surface area contributed by atoms with E-state index in [1.165, 1.54) is 12.1 Å². The number of thiocarbonyl (C=S) groups is 1. The van der Waals surface area contributed by atoms with E-state index in [1.54, 1.807) is 24.3 Å². The lowest BCUT2D eigenvalue weighted by molar-refractivity contribution is 0.305. The summed E-state index contributed by atoms with van der Waals surface area (Å²) in [5.74, 6) is -0.0335. The predicted octanol–water partition coefficient (Wildman–Crippen LogP) is 4.35. The van der Waals surface area contributed by atoms with E-state index in [1.807, 2.05) is 0 Å². The molecule has 0 aliphatic rings. The van der Waals surface area contributed by atoms with Crippen LogP contribution in [0, 0.1) is 5.82 Å². The minimum absolute atomic E-state index is 0.0698. The summed E-state index contributed by atoms with van der Waals surface area (Å²) < 4.78 is 18.9. The van der Waals surface area contributed by atoms with Gasteiger partial charge in [0.25, 0.3) is 0 Å². The van der Waals surface area contributed by atoms with Crippen molar-refractivity contribution >= 4 is 40.4 Å². The highest BCUT2D eigenvalue weighted by atomic mass is 35.5. The van der Waals surface area contributed by atoms with Gasteiger partial charge in [-0.2, -0.15) is 0 Å². The molecule has 0 unspecified atom stereocenters. The molecule has 0 heterocycles. The smallest absolute Gasteiger partial charge is 0.142 e. The van der Waals surface area contributed by atoms with Crippen LogP contribution in [0.3, 0.4) is 0 Å². The molecule has 0 saturated heterocycles. The molecule has 6 heteroatoms. The molecule has 2 nitrogen and oxygen atoms in total. The summed E-state index contributed by atoms with van der Waals surface area (Å²) in [7, 11) is 0. The Morgan fingerprint density at radius 3 is 2.60 bits per heavy atom. The van der Waals surface area contributed by atoms with E-state index in [4.69, 9.17) is 45.9 Å². The van der Waals surface area contributed by atoms with Gasteiger partial charge in [-0.15, -0.1) is 0 Å². The quantitative estimate of drug-likeness (QED) is 0.847. The van der Waals surface area contributed by atoms with Crippen LogP contribution >= 0.6 is 35.4 Å². The Kier molecular flexibility index (Phi) is 4.81. The topological polar surface area (TPSA) is 35.2 Å². The fourth-order valence-corrected chi connectivity index (χ4v) is 2.31. The van der Waals surface area contributed by atoms with E-state index in [0.29, 0.717) is 21.9 Å². The van der Waals surface area contributed by atoms with Gasteiger partial charge in [-0.25, -0.2) is 4.39 Å². The molecule has 2 aromatic rings. The van der Waals surface area contributed by atoms with Crippen LogP contribution in [0.2, 0.25) is 10.0 Å². The Balaban J connectivity index is 2.21. The van der Waals surface area contributed by atoms with Crippen molar-refractivity contribution in [1.82, 2.24) is 0 Å². The third-order valence-corrected chi connectivity index (χ3v) is 3.43. The van der Waals surface area contributed by atoms with Crippen molar-refractivity contribution in [1.29, 1.82) is 0 Å². The Morgan fingerprint density at radius 1 is 1.20 bits per heavy atom. The molecule has 2 aromatic carbocycles. The average Bonchev–Trinajstić information content (AvgIpc) is 2.39. The van der Waals surface area contributed by atoms with Gasteiger partial charge in [0.05, 0.1) is 15.6 Å². The Labute approximate surface area is 131 Å². The number of rotatable bonds is 4. The second-order valence-corrected chi connectivity index (χ2v) is 5.27. The first-order valence-electron chi connectivity index (χ1n) is 5.64. The van der Waals surface area contributed by atoms with Crippen LogP contribution in [-0.4, -0.2) is 4.99 Å². The lowest BCUT2D eigenvalue weighted by Gasteiger charge is -2.12. The van der Waals surface area contributed by atoms with Crippen LogP contribution in [0.1, 0.15) is 11.1 Å². The molecule has 104 valence electrons. The van der Waals surface area contributed by atoms with Crippen molar-refractivity contribution in [2.45, 2.75) is 6.61 Å². The van der Waals surface area contributed by atoms with Gasteiger partial charge in [-0.1, -0.05) is 47.6 Å². The number of ether oxygens (including phenoxy) is 1. The highest BCUT2D eigenvalue weighted by Crippen LogP contribution is 2.27. The van der Waals surface area contributed by atoms with E-state index in [0.717, 1.165) is 0 Å². The van der Waals surface area contributed by atoms with Gasteiger partial charge in [0.1, 0.15) is 23.2 Å². The Morgan fingerprint density at radius 2 is 1.95 bits per heavy atom. The lowest BCUT2D eigenvalue weighted by atomic mass is 10.2. The van der Waals surface area contributed by atoms with Crippen LogP contribution in [0.15, 0.2) is 36.4 Å². The standard InChI is InChI=1S/C14H10Cl2FNOS/c15-9-5-4-8(6-11(9)17)7-19-12-3-1-2-10(16)13(12)14(18)20/h1-6H,7H2,(H2,18,20). The molecule has 20 heavy (non-hydrogen) atoms. The normalized spacial score (nSPS) is 10.3. The summed E-state index contributed by atoms with van der Waals surface area (Å²) in [6, 6.07) is 9.56. The molecule has 0 bridgehead atoms. The average molecular weight is 330 g/mol. The Bertz CT molecular complexity index is 664. The summed E-state index contributed by atoms with van der Waals surface area (Å²) in [4.78, 5) is 0.146. The maximum absolute atomic E-state index is 13.3. The van der Waals surface area contributed by atoms with Gasteiger partial charge in [0, 0.05) is 0 Å². The van der Waals surface area contributed by atoms with E-state index < -0.39 is 5.82 Å². The number of nitrogens with two attached hydrogens (primary N) is 1. The molecule has 2 N–H and O–H groups in total. The zero-order valence-electron chi connectivity index (χ0n) is 10.2. The molecule has 0 fully saturated rings. The van der Waals surface area contributed by atoms with Crippen molar-refractivity contribution < 1.29 is 9.13 Å². The molecule has 0 aliphatic carbocycles. The third kappa shape index (κ3) is 3.39. The SMILES string of the molecule is NC(=S)c1c(Cl)cccc1OCc1ccc(Cl)c(F)c1. The molecule has 0 saturated carbocycles. The zero-order chi connectivity index (χ0) is 14.7. The van der Waals surface area contributed by atoms with Gasteiger partial charge in [-0.3, -0.25) is 0 Å². The minimum atomic E-state index is -0.492. The van der Waals surface area contributed by atoms with Crippen LogP contribution in [0.25, 0.3) is 0 Å². The second-order valence-electron chi connectivity index (χ2n) is 4.01. The van der Waals surface area contributed by atoms with E-state index >= 15 is 0 Å². The Hall–Kier alpha value is -1.36. The number of hydrogen-bond donors (Lipinski definition) is 1. The van der Waals surface area contributed by atoms with Gasteiger partial charge in [-0.05, 0) is 29.8 Å². The molecule has 2 rings (SSSR count). The lowest BCUT2D eigenvalue weighted by Crippen LogP contribution is -2.12. The fourth-order valence-electron chi connectivity index (χ4n) is 1.65. The third-order valence-electron chi connectivity index (χ3n) is 2.60. The van der Waals surface area contributed by atoms with Gasteiger partial charge < -0.3 is 10.5 Å². The fraction of sp³-hybridized carbons (Fsp3) is 0.0714. The number of halogens is 3. The van der Waals surface area contributed by atoms with Gasteiger partial charge >= 0.3 is 0 Å². The van der Waals surface area contributed by atoms with E-state index in [9.17, 15) is 4.39 Å². The first kappa shape index (κ1) is 15.0. The highest BCUT2D eigenvalue weighted by molar-refractivity contribution is 7.80. The second kappa shape index (κ2) is 6.39. The van der Waals surface area contributed by atoms with Crippen LogP contribution in [0.4, 0.5) is 4.39 Å². The first-order chi connectivity index (χ1) is 9.49. The zero-order valence-corrected chi connectivity index (χ0v) is 12.5. The molecule has 0 spiro atoms. The maximum atomic E-state index is 13.3. The van der Waals surface area contributed by atoms with Crippen molar-refractivity contribution in [3.8, 4) is 5.75 Å². The summed E-state index contributed by atoms with van der Waals surface area (Å²) >= 11 is 16.6. The monoisotopic (exact) mass is 329 g/mol. The van der Waals surface area contributed by atoms with E-state index in [-0.39, 0.29) is 16.6 Å². The van der Waals surface area contributed by atoms with Gasteiger partial charge in [0.2, 0.25) is 0 Å². The highest BCUT2D eigenvalue weighted by Gasteiger charge is 2.11. The summed E-state index contributed by atoms with van der Waals surface area (Å²) in [6.07, 6.45) is 0. The number of hydrogen-bond acceptors (Lipinski definition) is 2. The summed E-state index contributed by atoms with van der Waals surface area (Å²) in [5, 5.41) is 0.484. The molecule has 0 aliphatic heterocycles. The molecular weight excluding hydrogens is 320 g/mol. The molecule has 0 aromatic heterocycles. The van der Waals surface area contributed by atoms with Crippen molar-refractivity contribution in [3.05, 3.63) is 63.4 Å².